The zero-order valence-electron chi connectivity index (χ0n) is 17.9. The number of hydrogen-bond acceptors (Lipinski definition) is 3. The number of hydrogen-bond donors (Lipinski definition) is 2. The first-order chi connectivity index (χ1) is 14.4. The van der Waals surface area contributed by atoms with Crippen LogP contribution in [0.5, 0.6) is 0 Å². The topological polar surface area (TPSA) is 38.0 Å². The normalized spacial score (nSPS) is 50.1. The number of nitrogens with two attached hydrogens (primary N) is 1. The van der Waals surface area contributed by atoms with E-state index in [1.165, 1.54) is 17.7 Å². The lowest BCUT2D eigenvalue weighted by Gasteiger charge is -2.40. The van der Waals surface area contributed by atoms with Crippen LogP contribution in [0.3, 0.4) is 0 Å². The smallest absolute Gasteiger partial charge is 0.121 e. The molecule has 1 aliphatic heterocycles. The molecule has 0 aromatic carbocycles. The first kappa shape index (κ1) is 20.0. The Morgan fingerprint density at radius 1 is 1.23 bits per heavy atom. The number of alkyl halides is 2. The minimum absolute atomic E-state index is 0.0202. The Balaban J connectivity index is 1.17. The van der Waals surface area contributed by atoms with Crippen LogP contribution in [0.25, 0.3) is 0 Å². The molecule has 3 N–H and O–H groups in total. The van der Waals surface area contributed by atoms with Crippen LogP contribution >= 0.6 is 11.8 Å². The third-order valence-corrected chi connectivity index (χ3v) is 10.8. The third kappa shape index (κ3) is 2.94. The highest BCUT2D eigenvalue weighted by Gasteiger charge is 2.71. The van der Waals surface area contributed by atoms with Crippen molar-refractivity contribution < 1.29 is 8.78 Å². The van der Waals surface area contributed by atoms with E-state index in [4.69, 9.17) is 5.73 Å². The van der Waals surface area contributed by atoms with Gasteiger partial charge in [0.15, 0.2) is 0 Å². The summed E-state index contributed by atoms with van der Waals surface area (Å²) in [6.07, 6.45) is 12.8. The van der Waals surface area contributed by atoms with Crippen LogP contribution in [-0.4, -0.2) is 41.0 Å². The van der Waals surface area contributed by atoms with Gasteiger partial charge in [-0.25, -0.2) is 8.78 Å². The summed E-state index contributed by atoms with van der Waals surface area (Å²) in [6, 6.07) is 0. The van der Waals surface area contributed by atoms with E-state index < -0.39 is 12.3 Å². The second kappa shape index (κ2) is 6.68. The molecule has 5 unspecified atom stereocenters. The van der Waals surface area contributed by atoms with Crippen LogP contribution in [0.15, 0.2) is 35.5 Å². The van der Waals surface area contributed by atoms with Gasteiger partial charge in [0.2, 0.25) is 0 Å². The molecule has 2 nitrogen and oxygen atoms in total. The van der Waals surface area contributed by atoms with Gasteiger partial charge in [0.1, 0.15) is 12.3 Å². The van der Waals surface area contributed by atoms with Crippen molar-refractivity contribution in [2.75, 3.05) is 12.3 Å². The summed E-state index contributed by atoms with van der Waals surface area (Å²) in [7, 11) is 0. The van der Waals surface area contributed by atoms with Gasteiger partial charge in [-0.3, -0.25) is 0 Å². The lowest BCUT2D eigenvalue weighted by atomic mass is 9.78. The Morgan fingerprint density at radius 3 is 2.80 bits per heavy atom. The molecule has 0 aromatic heterocycles. The highest BCUT2D eigenvalue weighted by atomic mass is 32.2. The standard InChI is InChI=1S/C25H34F2N2S/c1-2-15-3-4-16-13-30-22-12-24(22,20(16)7-15)29-14-23(5-6-23)25(28)11-21(25)17-8-18(26)10-19(27)9-17/h3-4,7-8,16,18-22,29H,2,5-6,9-14,28H2,1H3/t16?,18?,19?,20?,21-,22-,24+,25?/m1/s1. The van der Waals surface area contributed by atoms with Crippen molar-refractivity contribution in [1.29, 1.82) is 0 Å². The van der Waals surface area contributed by atoms with Crippen molar-refractivity contribution in [3.05, 3.63) is 35.5 Å². The Morgan fingerprint density at radius 2 is 2.07 bits per heavy atom. The van der Waals surface area contributed by atoms with Crippen LogP contribution in [0.2, 0.25) is 0 Å². The summed E-state index contributed by atoms with van der Waals surface area (Å²) in [6.45, 7) is 3.21. The molecule has 164 valence electrons. The van der Waals surface area contributed by atoms with E-state index in [0.29, 0.717) is 18.3 Å². The first-order valence-corrected chi connectivity index (χ1v) is 13.0. The summed E-state index contributed by atoms with van der Waals surface area (Å²) in [5.74, 6) is 2.66. The van der Waals surface area contributed by atoms with Crippen LogP contribution in [-0.2, 0) is 0 Å². The fourth-order valence-corrected chi connectivity index (χ4v) is 8.57. The van der Waals surface area contributed by atoms with Crippen LogP contribution in [0.1, 0.15) is 51.9 Å². The molecule has 1 saturated heterocycles. The Labute approximate surface area is 183 Å². The number of nitrogens with one attached hydrogen (secondary N) is 1. The van der Waals surface area contributed by atoms with Gasteiger partial charge in [-0.15, -0.1) is 0 Å². The SMILES string of the molecule is CCC1=CC2C(C=C1)CS[C@@H]1C[C@]21NCC1(C2(N)C[C@@H]2C2=CC(F)CC(F)C2)CC1. The van der Waals surface area contributed by atoms with E-state index in [0.717, 1.165) is 43.1 Å². The van der Waals surface area contributed by atoms with E-state index in [1.54, 1.807) is 6.08 Å². The molecule has 8 atom stereocenters. The fourth-order valence-electron chi connectivity index (χ4n) is 6.87. The summed E-state index contributed by atoms with van der Waals surface area (Å²) in [4.78, 5) is 0. The van der Waals surface area contributed by atoms with Crippen molar-refractivity contribution in [2.45, 2.75) is 80.5 Å². The number of thioether (sulfide) groups is 1. The third-order valence-electron chi connectivity index (χ3n) is 9.22. The lowest BCUT2D eigenvalue weighted by Crippen LogP contribution is -2.52. The van der Waals surface area contributed by atoms with Crippen molar-refractivity contribution in [1.82, 2.24) is 5.32 Å². The minimum atomic E-state index is -1.14. The molecule has 3 saturated carbocycles. The molecule has 5 aliphatic carbocycles. The molecular weight excluding hydrogens is 398 g/mol. The average Bonchev–Trinajstić information content (AvgIpc) is 3.61. The fraction of sp³-hybridized carbons (Fsp3) is 0.760. The van der Waals surface area contributed by atoms with Crippen molar-refractivity contribution in [3.8, 4) is 0 Å². The molecule has 5 heteroatoms. The molecule has 0 bridgehead atoms. The molecular formula is C25H34F2N2S. The largest absolute Gasteiger partial charge is 0.324 e. The average molecular weight is 433 g/mol. The van der Waals surface area contributed by atoms with E-state index in [-0.39, 0.29) is 28.8 Å². The Hall–Kier alpha value is -0.650. The van der Waals surface area contributed by atoms with Gasteiger partial charge in [-0.05, 0) is 38.0 Å². The number of rotatable bonds is 6. The van der Waals surface area contributed by atoms with Gasteiger partial charge in [-0.1, -0.05) is 42.4 Å². The quantitative estimate of drug-likeness (QED) is 0.588. The maximum absolute atomic E-state index is 14.0. The van der Waals surface area contributed by atoms with Gasteiger partial charge in [0.05, 0.1) is 0 Å². The molecule has 0 amide bonds. The monoisotopic (exact) mass is 432 g/mol. The van der Waals surface area contributed by atoms with Crippen LogP contribution in [0, 0.1) is 23.2 Å². The van der Waals surface area contributed by atoms with Gasteiger partial charge >= 0.3 is 0 Å². The predicted molar refractivity (Wildman–Crippen MR) is 120 cm³/mol. The summed E-state index contributed by atoms with van der Waals surface area (Å²) in [5.41, 5.74) is 9.46. The van der Waals surface area contributed by atoms with E-state index in [2.05, 4.69) is 42.2 Å². The number of allylic oxidation sites excluding steroid dienone is 4. The molecule has 6 aliphatic rings. The molecule has 0 spiro atoms. The molecule has 0 radical (unpaired) electrons. The summed E-state index contributed by atoms with van der Waals surface area (Å²) >= 11 is 2.14. The van der Waals surface area contributed by atoms with Gasteiger partial charge < -0.3 is 11.1 Å². The van der Waals surface area contributed by atoms with E-state index in [1.807, 2.05) is 0 Å². The predicted octanol–water partition coefficient (Wildman–Crippen LogP) is 4.87. The molecule has 4 fully saturated rings. The second-order valence-electron chi connectivity index (χ2n) is 10.9. The van der Waals surface area contributed by atoms with Crippen LogP contribution in [0.4, 0.5) is 8.78 Å². The van der Waals surface area contributed by atoms with Crippen molar-refractivity contribution in [3.63, 3.8) is 0 Å². The maximum atomic E-state index is 14.0. The van der Waals surface area contributed by atoms with Crippen molar-refractivity contribution >= 4 is 11.8 Å². The highest BCUT2D eigenvalue weighted by Crippen LogP contribution is 2.68. The highest BCUT2D eigenvalue weighted by molar-refractivity contribution is 8.00. The first-order valence-electron chi connectivity index (χ1n) is 11.9. The molecule has 1 heterocycles. The van der Waals surface area contributed by atoms with Crippen molar-refractivity contribution in [2.24, 2.45) is 28.9 Å². The number of fused-ring (bicyclic) bond motifs is 3. The van der Waals surface area contributed by atoms with Gasteiger partial charge in [0.25, 0.3) is 0 Å². The molecule has 0 aromatic rings. The lowest BCUT2D eigenvalue weighted by molar-refractivity contribution is 0.225. The maximum Gasteiger partial charge on any atom is 0.121 e. The summed E-state index contributed by atoms with van der Waals surface area (Å²) < 4.78 is 27.9. The van der Waals surface area contributed by atoms with E-state index in [9.17, 15) is 8.78 Å². The van der Waals surface area contributed by atoms with Gasteiger partial charge in [0, 0.05) is 58.7 Å². The van der Waals surface area contributed by atoms with E-state index >= 15 is 0 Å². The minimum Gasteiger partial charge on any atom is -0.324 e. The molecule has 30 heavy (non-hydrogen) atoms. The second-order valence-corrected chi connectivity index (χ2v) is 12.2. The molecule has 6 rings (SSSR count). The zero-order chi connectivity index (χ0) is 20.7. The van der Waals surface area contributed by atoms with Gasteiger partial charge in [-0.2, -0.15) is 11.8 Å². The Bertz CT molecular complexity index is 833. The summed E-state index contributed by atoms with van der Waals surface area (Å²) in [5, 5.41) is 4.78. The zero-order valence-corrected chi connectivity index (χ0v) is 18.7. The number of halogens is 2. The van der Waals surface area contributed by atoms with Crippen LogP contribution < -0.4 is 11.1 Å². The Kier molecular flexibility index (Phi) is 4.45.